The average molecular weight is 400 g/mol. The van der Waals surface area contributed by atoms with E-state index in [0.717, 1.165) is 22.3 Å². The Kier molecular flexibility index (Phi) is 6.38. The highest BCUT2D eigenvalue weighted by Gasteiger charge is 2.09. The lowest BCUT2D eigenvalue weighted by Crippen LogP contribution is -1.97. The third kappa shape index (κ3) is 4.62. The Hall–Kier alpha value is -2.49. The highest BCUT2D eigenvalue weighted by atomic mass is 35.5. The minimum atomic E-state index is 0.418. The van der Waals surface area contributed by atoms with E-state index in [1.807, 2.05) is 60.7 Å². The third-order valence-electron chi connectivity index (χ3n) is 4.18. The van der Waals surface area contributed by atoms with Gasteiger partial charge in [0.05, 0.1) is 20.8 Å². The van der Waals surface area contributed by atoms with Crippen molar-refractivity contribution in [2.24, 2.45) is 4.99 Å². The fourth-order valence-electron chi connectivity index (χ4n) is 2.78. The molecule has 3 aromatic carbocycles. The largest absolute Gasteiger partial charge is 0.493 e. The molecule has 0 bridgehead atoms. The van der Waals surface area contributed by atoms with Crippen molar-refractivity contribution in [2.75, 3.05) is 14.2 Å². The first-order valence-corrected chi connectivity index (χ1v) is 9.14. The summed E-state index contributed by atoms with van der Waals surface area (Å²) < 4.78 is 10.6. The summed E-state index contributed by atoms with van der Waals surface area (Å²) in [5.41, 5.74) is 4.05. The van der Waals surface area contributed by atoms with Crippen molar-refractivity contribution in [3.05, 3.63) is 82.9 Å². The molecule has 5 heteroatoms. The first-order chi connectivity index (χ1) is 13.1. The van der Waals surface area contributed by atoms with Crippen molar-refractivity contribution in [1.82, 2.24) is 0 Å². The molecule has 0 aliphatic rings. The zero-order valence-corrected chi connectivity index (χ0v) is 16.6. The van der Waals surface area contributed by atoms with Gasteiger partial charge in [-0.05, 0) is 47.0 Å². The number of methoxy groups -OCH3 is 2. The highest BCUT2D eigenvalue weighted by molar-refractivity contribution is 6.69. The topological polar surface area (TPSA) is 30.8 Å². The number of ether oxygens (including phenoxy) is 2. The van der Waals surface area contributed by atoms with Gasteiger partial charge in [0.2, 0.25) is 0 Å². The maximum absolute atomic E-state index is 6.44. The van der Waals surface area contributed by atoms with Crippen LogP contribution in [0, 0.1) is 0 Å². The van der Waals surface area contributed by atoms with Crippen LogP contribution in [0.5, 0.6) is 11.5 Å². The zero-order valence-electron chi connectivity index (χ0n) is 15.1. The van der Waals surface area contributed by atoms with E-state index in [1.54, 1.807) is 14.2 Å². The minimum Gasteiger partial charge on any atom is -0.493 e. The molecule has 0 fully saturated rings. The van der Waals surface area contributed by atoms with Crippen LogP contribution in [0.15, 0.2) is 71.7 Å². The van der Waals surface area contributed by atoms with Crippen molar-refractivity contribution >= 4 is 28.4 Å². The van der Waals surface area contributed by atoms with Crippen LogP contribution in [-0.2, 0) is 6.54 Å². The summed E-state index contributed by atoms with van der Waals surface area (Å²) in [6.45, 7) is 0.464. The third-order valence-corrected chi connectivity index (χ3v) is 4.77. The average Bonchev–Trinajstić information content (AvgIpc) is 2.72. The fourth-order valence-corrected chi connectivity index (χ4v) is 3.08. The van der Waals surface area contributed by atoms with E-state index < -0.39 is 0 Å². The first kappa shape index (κ1) is 19.3. The number of nitrogens with zero attached hydrogens (tertiary/aromatic N) is 1. The second-order valence-electron chi connectivity index (χ2n) is 5.84. The first-order valence-electron chi connectivity index (χ1n) is 8.38. The Labute approximate surface area is 169 Å². The van der Waals surface area contributed by atoms with Gasteiger partial charge in [-0.25, -0.2) is 0 Å². The van der Waals surface area contributed by atoms with Gasteiger partial charge in [-0.3, -0.25) is 4.99 Å². The summed E-state index contributed by atoms with van der Waals surface area (Å²) >= 11 is 12.4. The molecule has 3 rings (SSSR count). The van der Waals surface area contributed by atoms with Crippen LogP contribution < -0.4 is 9.47 Å². The van der Waals surface area contributed by atoms with Gasteiger partial charge in [0.15, 0.2) is 11.5 Å². The van der Waals surface area contributed by atoms with Crippen molar-refractivity contribution in [2.45, 2.75) is 6.54 Å². The molecule has 0 heterocycles. The summed E-state index contributed by atoms with van der Waals surface area (Å²) in [4.78, 5) is 4.56. The lowest BCUT2D eigenvalue weighted by Gasteiger charge is -2.10. The van der Waals surface area contributed by atoms with E-state index in [2.05, 4.69) is 11.1 Å². The molecule has 0 N–H and O–H groups in total. The smallest absolute Gasteiger partial charge is 0.161 e. The second-order valence-corrected chi connectivity index (χ2v) is 6.64. The number of hydrogen-bond acceptors (Lipinski definition) is 3. The number of hydrogen-bond donors (Lipinski definition) is 0. The van der Waals surface area contributed by atoms with Crippen LogP contribution in [0.4, 0.5) is 0 Å². The Balaban J connectivity index is 1.87. The Morgan fingerprint density at radius 2 is 1.59 bits per heavy atom. The number of aliphatic imine (C=N–C) groups is 1. The molecule has 0 aliphatic carbocycles. The van der Waals surface area contributed by atoms with Gasteiger partial charge in [-0.2, -0.15) is 0 Å². The Morgan fingerprint density at radius 1 is 0.889 bits per heavy atom. The molecule has 0 amide bonds. The van der Waals surface area contributed by atoms with Gasteiger partial charge >= 0.3 is 0 Å². The normalized spacial score (nSPS) is 11.3. The lowest BCUT2D eigenvalue weighted by atomic mass is 10.00. The monoisotopic (exact) mass is 399 g/mol. The predicted molar refractivity (Wildman–Crippen MR) is 113 cm³/mol. The van der Waals surface area contributed by atoms with Crippen molar-refractivity contribution in [1.29, 1.82) is 0 Å². The lowest BCUT2D eigenvalue weighted by molar-refractivity contribution is 0.355. The van der Waals surface area contributed by atoms with Gasteiger partial charge in [0.1, 0.15) is 5.17 Å². The van der Waals surface area contributed by atoms with Crippen LogP contribution in [0.2, 0.25) is 5.02 Å². The predicted octanol–water partition coefficient (Wildman–Crippen LogP) is 6.21. The van der Waals surface area contributed by atoms with Crippen LogP contribution in [0.25, 0.3) is 11.1 Å². The van der Waals surface area contributed by atoms with E-state index in [9.17, 15) is 0 Å². The molecule has 138 valence electrons. The summed E-state index contributed by atoms with van der Waals surface area (Å²) in [6.07, 6.45) is 0. The number of benzene rings is 3. The molecular weight excluding hydrogens is 381 g/mol. The molecule has 0 saturated carbocycles. The minimum absolute atomic E-state index is 0.418. The van der Waals surface area contributed by atoms with E-state index >= 15 is 0 Å². The molecule has 0 atom stereocenters. The highest BCUT2D eigenvalue weighted by Crippen LogP contribution is 2.29. The molecule has 3 aromatic rings. The van der Waals surface area contributed by atoms with Crippen LogP contribution in [-0.4, -0.2) is 19.4 Å². The van der Waals surface area contributed by atoms with E-state index in [0.29, 0.717) is 28.2 Å². The quantitative estimate of drug-likeness (QED) is 0.461. The molecule has 0 unspecified atom stereocenters. The molecule has 0 aliphatic heterocycles. The van der Waals surface area contributed by atoms with Crippen molar-refractivity contribution in [3.63, 3.8) is 0 Å². The van der Waals surface area contributed by atoms with Gasteiger partial charge in [0.25, 0.3) is 0 Å². The van der Waals surface area contributed by atoms with Gasteiger partial charge < -0.3 is 9.47 Å². The summed E-state index contributed by atoms with van der Waals surface area (Å²) in [5, 5.41) is 1.13. The van der Waals surface area contributed by atoms with E-state index in [4.69, 9.17) is 32.7 Å². The molecule has 3 nitrogen and oxygen atoms in total. The SMILES string of the molecule is COc1ccc(C(Cl)=NCc2ccccc2-c2ccc(Cl)cc2)cc1OC. The molecular formula is C22H19Cl2NO2. The number of rotatable bonds is 6. The van der Waals surface area contributed by atoms with Crippen LogP contribution >= 0.6 is 23.2 Å². The van der Waals surface area contributed by atoms with Crippen molar-refractivity contribution < 1.29 is 9.47 Å². The maximum atomic E-state index is 6.44. The molecule has 0 spiro atoms. The second kappa shape index (κ2) is 8.94. The van der Waals surface area contributed by atoms with Crippen molar-refractivity contribution in [3.8, 4) is 22.6 Å². The molecule has 0 saturated heterocycles. The van der Waals surface area contributed by atoms with E-state index in [-0.39, 0.29) is 0 Å². The standard InChI is InChI=1S/C22H19Cl2NO2/c1-26-20-12-9-16(13-21(20)27-2)22(24)25-14-17-5-3-4-6-19(17)15-7-10-18(23)11-8-15/h3-13H,14H2,1-2H3. The van der Waals surface area contributed by atoms with E-state index in [1.165, 1.54) is 0 Å². The van der Waals surface area contributed by atoms with Gasteiger partial charge in [0, 0.05) is 10.6 Å². The summed E-state index contributed by atoms with van der Waals surface area (Å²) in [7, 11) is 3.19. The Morgan fingerprint density at radius 3 is 2.30 bits per heavy atom. The number of halogens is 2. The van der Waals surface area contributed by atoms with Crippen LogP contribution in [0.1, 0.15) is 11.1 Å². The molecule has 0 aromatic heterocycles. The zero-order chi connectivity index (χ0) is 19.2. The Bertz CT molecular complexity index is 953. The fraction of sp³-hybridized carbons (Fsp3) is 0.136. The summed E-state index contributed by atoms with van der Waals surface area (Å²) in [6, 6.07) is 21.4. The maximum Gasteiger partial charge on any atom is 0.161 e. The van der Waals surface area contributed by atoms with Gasteiger partial charge in [-0.15, -0.1) is 0 Å². The molecule has 27 heavy (non-hydrogen) atoms. The molecule has 0 radical (unpaired) electrons. The van der Waals surface area contributed by atoms with Gasteiger partial charge in [-0.1, -0.05) is 59.6 Å². The van der Waals surface area contributed by atoms with Crippen LogP contribution in [0.3, 0.4) is 0 Å². The summed E-state index contributed by atoms with van der Waals surface area (Å²) in [5.74, 6) is 1.27.